The molecule has 0 fully saturated rings. The minimum Gasteiger partial charge on any atom is -0.462 e. The third kappa shape index (κ3) is 6.12. The first-order valence-electron chi connectivity index (χ1n) is 9.93. The first kappa shape index (κ1) is 23.0. The molecule has 0 saturated heterocycles. The average Bonchev–Trinajstić information content (AvgIpc) is 2.76. The standard InChI is InChI=1S/C22H27N3O5/c1-4-24(5-2)15-17-10-8-7-9-16(17)14-23-21(26)18-11-19(22(27)30-6-3)13-20(12-18)25(28)29/h7-13H,4-6,14-15H2,1-3H3,(H,23,26). The summed E-state index contributed by atoms with van der Waals surface area (Å²) in [6.45, 7) is 8.83. The lowest BCUT2D eigenvalue weighted by Gasteiger charge is -2.20. The minimum atomic E-state index is -0.709. The topological polar surface area (TPSA) is 102 Å². The van der Waals surface area contributed by atoms with Crippen molar-refractivity contribution in [2.45, 2.75) is 33.9 Å². The predicted molar refractivity (Wildman–Crippen MR) is 113 cm³/mol. The van der Waals surface area contributed by atoms with Gasteiger partial charge in [0.1, 0.15) is 0 Å². The Hall–Kier alpha value is -3.26. The van der Waals surface area contributed by atoms with Crippen molar-refractivity contribution < 1.29 is 19.2 Å². The number of nitrogens with zero attached hydrogens (tertiary/aromatic N) is 2. The molecule has 2 aromatic carbocycles. The highest BCUT2D eigenvalue weighted by Gasteiger charge is 2.19. The van der Waals surface area contributed by atoms with Crippen LogP contribution in [0.4, 0.5) is 5.69 Å². The van der Waals surface area contributed by atoms with E-state index in [4.69, 9.17) is 4.74 Å². The number of hydrogen-bond acceptors (Lipinski definition) is 6. The summed E-state index contributed by atoms with van der Waals surface area (Å²) in [5.74, 6) is -1.21. The van der Waals surface area contributed by atoms with Crippen LogP contribution in [0.1, 0.15) is 52.6 Å². The molecule has 0 atom stereocenters. The van der Waals surface area contributed by atoms with Gasteiger partial charge in [-0.3, -0.25) is 19.8 Å². The largest absolute Gasteiger partial charge is 0.462 e. The maximum Gasteiger partial charge on any atom is 0.338 e. The van der Waals surface area contributed by atoms with Gasteiger partial charge in [0.2, 0.25) is 0 Å². The summed E-state index contributed by atoms with van der Waals surface area (Å²) in [4.78, 5) is 37.5. The maximum atomic E-state index is 12.7. The number of carbonyl (C=O) groups excluding carboxylic acids is 2. The van der Waals surface area contributed by atoms with E-state index in [0.717, 1.165) is 42.9 Å². The Kier molecular flexibility index (Phi) is 8.49. The monoisotopic (exact) mass is 413 g/mol. The van der Waals surface area contributed by atoms with Gasteiger partial charge in [-0.2, -0.15) is 0 Å². The summed E-state index contributed by atoms with van der Waals surface area (Å²) >= 11 is 0. The van der Waals surface area contributed by atoms with Crippen molar-refractivity contribution in [3.8, 4) is 0 Å². The summed E-state index contributed by atoms with van der Waals surface area (Å²) < 4.78 is 4.90. The fourth-order valence-corrected chi connectivity index (χ4v) is 3.03. The zero-order chi connectivity index (χ0) is 22.1. The van der Waals surface area contributed by atoms with Crippen molar-refractivity contribution in [2.24, 2.45) is 0 Å². The smallest absolute Gasteiger partial charge is 0.338 e. The molecule has 0 saturated carbocycles. The van der Waals surface area contributed by atoms with Gasteiger partial charge < -0.3 is 10.1 Å². The number of benzene rings is 2. The molecule has 0 bridgehead atoms. The van der Waals surface area contributed by atoms with E-state index < -0.39 is 16.8 Å². The van der Waals surface area contributed by atoms with Gasteiger partial charge in [-0.25, -0.2) is 4.79 Å². The fraction of sp³-hybridized carbons (Fsp3) is 0.364. The Balaban J connectivity index is 2.21. The lowest BCUT2D eigenvalue weighted by molar-refractivity contribution is -0.384. The summed E-state index contributed by atoms with van der Waals surface area (Å²) in [5, 5.41) is 14.0. The molecule has 0 aliphatic rings. The second-order valence-corrected chi connectivity index (χ2v) is 6.66. The predicted octanol–water partition coefficient (Wildman–Crippen LogP) is 3.54. The Morgan fingerprint density at radius 3 is 2.27 bits per heavy atom. The van der Waals surface area contributed by atoms with Crippen molar-refractivity contribution >= 4 is 17.6 Å². The van der Waals surface area contributed by atoms with Crippen LogP contribution in [0.15, 0.2) is 42.5 Å². The number of nitro benzene ring substituents is 1. The number of hydrogen-bond donors (Lipinski definition) is 1. The Bertz CT molecular complexity index is 909. The molecule has 2 aromatic rings. The van der Waals surface area contributed by atoms with Crippen molar-refractivity contribution in [1.29, 1.82) is 0 Å². The molecule has 160 valence electrons. The van der Waals surface area contributed by atoms with Crippen LogP contribution in [0, 0.1) is 10.1 Å². The normalized spacial score (nSPS) is 10.7. The van der Waals surface area contributed by atoms with Crippen molar-refractivity contribution in [1.82, 2.24) is 10.2 Å². The van der Waals surface area contributed by atoms with E-state index in [0.29, 0.717) is 0 Å². The van der Waals surface area contributed by atoms with Gasteiger partial charge in [-0.05, 0) is 37.2 Å². The molecule has 0 aliphatic heterocycles. The Labute approximate surface area is 176 Å². The molecular formula is C22H27N3O5. The van der Waals surface area contributed by atoms with Gasteiger partial charge in [0.05, 0.1) is 17.1 Å². The van der Waals surface area contributed by atoms with Crippen molar-refractivity contribution in [3.05, 3.63) is 74.8 Å². The van der Waals surface area contributed by atoms with Crippen LogP contribution in [-0.2, 0) is 17.8 Å². The van der Waals surface area contributed by atoms with Crippen LogP contribution in [-0.4, -0.2) is 41.4 Å². The molecule has 8 nitrogen and oxygen atoms in total. The zero-order valence-electron chi connectivity index (χ0n) is 17.5. The molecule has 0 aromatic heterocycles. The van der Waals surface area contributed by atoms with Crippen LogP contribution in [0.2, 0.25) is 0 Å². The molecule has 2 rings (SSSR count). The summed E-state index contributed by atoms with van der Waals surface area (Å²) in [6.07, 6.45) is 0. The van der Waals surface area contributed by atoms with E-state index in [1.165, 1.54) is 6.07 Å². The van der Waals surface area contributed by atoms with Crippen molar-refractivity contribution in [3.63, 3.8) is 0 Å². The molecule has 0 unspecified atom stereocenters. The van der Waals surface area contributed by atoms with Crippen LogP contribution >= 0.6 is 0 Å². The molecule has 1 N–H and O–H groups in total. The average molecular weight is 413 g/mol. The van der Waals surface area contributed by atoms with E-state index in [-0.39, 0.29) is 30.0 Å². The highest BCUT2D eigenvalue weighted by Crippen LogP contribution is 2.19. The Morgan fingerprint density at radius 2 is 1.67 bits per heavy atom. The summed E-state index contributed by atoms with van der Waals surface area (Å²) in [5.41, 5.74) is 1.74. The second-order valence-electron chi connectivity index (χ2n) is 6.66. The highest BCUT2D eigenvalue weighted by molar-refractivity contribution is 5.99. The second kappa shape index (κ2) is 11.1. The van der Waals surface area contributed by atoms with E-state index in [1.807, 2.05) is 24.3 Å². The van der Waals surface area contributed by atoms with Crippen molar-refractivity contribution in [2.75, 3.05) is 19.7 Å². The summed E-state index contributed by atoms with van der Waals surface area (Å²) in [6, 6.07) is 11.4. The van der Waals surface area contributed by atoms with Crippen LogP contribution in [0.3, 0.4) is 0 Å². The fourth-order valence-electron chi connectivity index (χ4n) is 3.03. The lowest BCUT2D eigenvalue weighted by atomic mass is 10.1. The molecule has 8 heteroatoms. The maximum absolute atomic E-state index is 12.7. The number of rotatable bonds is 10. The molecule has 0 aliphatic carbocycles. The SMILES string of the molecule is CCOC(=O)c1cc(C(=O)NCc2ccccc2CN(CC)CC)cc([N+](=O)[O-])c1. The van der Waals surface area contributed by atoms with E-state index in [1.54, 1.807) is 6.92 Å². The number of esters is 1. The van der Waals surface area contributed by atoms with Gasteiger partial charge in [-0.15, -0.1) is 0 Å². The number of carbonyl (C=O) groups is 2. The number of ether oxygens (including phenoxy) is 1. The number of nitrogens with one attached hydrogen (secondary N) is 1. The number of nitro groups is 1. The van der Waals surface area contributed by atoms with Crippen LogP contribution < -0.4 is 5.32 Å². The molecule has 0 heterocycles. The van der Waals surface area contributed by atoms with E-state index >= 15 is 0 Å². The van der Waals surface area contributed by atoms with Crippen LogP contribution in [0.25, 0.3) is 0 Å². The first-order chi connectivity index (χ1) is 14.4. The van der Waals surface area contributed by atoms with Gasteiger partial charge in [0, 0.05) is 30.8 Å². The van der Waals surface area contributed by atoms with E-state index in [9.17, 15) is 19.7 Å². The van der Waals surface area contributed by atoms with Gasteiger partial charge >= 0.3 is 5.97 Å². The molecule has 0 radical (unpaired) electrons. The molecule has 30 heavy (non-hydrogen) atoms. The van der Waals surface area contributed by atoms with Gasteiger partial charge in [0.15, 0.2) is 0 Å². The Morgan fingerprint density at radius 1 is 1.03 bits per heavy atom. The molecule has 0 spiro atoms. The third-order valence-corrected chi connectivity index (χ3v) is 4.75. The third-order valence-electron chi connectivity index (χ3n) is 4.75. The van der Waals surface area contributed by atoms with E-state index in [2.05, 4.69) is 24.1 Å². The molecule has 1 amide bonds. The first-order valence-corrected chi connectivity index (χ1v) is 9.93. The number of non-ortho nitro benzene ring substituents is 1. The minimum absolute atomic E-state index is 0.0295. The zero-order valence-corrected chi connectivity index (χ0v) is 17.5. The highest BCUT2D eigenvalue weighted by atomic mass is 16.6. The quantitative estimate of drug-likeness (QED) is 0.363. The van der Waals surface area contributed by atoms with Gasteiger partial charge in [-0.1, -0.05) is 38.1 Å². The molecular weight excluding hydrogens is 386 g/mol. The summed E-state index contributed by atoms with van der Waals surface area (Å²) in [7, 11) is 0. The van der Waals surface area contributed by atoms with Gasteiger partial charge in [0.25, 0.3) is 11.6 Å². The lowest BCUT2D eigenvalue weighted by Crippen LogP contribution is -2.26. The van der Waals surface area contributed by atoms with Crippen LogP contribution in [0.5, 0.6) is 0 Å². The number of amides is 1.